The van der Waals surface area contributed by atoms with Crippen LogP contribution < -0.4 is 31.4 Å². The number of nitrogen functional groups attached to an aromatic ring is 1. The van der Waals surface area contributed by atoms with Gasteiger partial charge in [-0.05, 0) is 37.6 Å². The summed E-state index contributed by atoms with van der Waals surface area (Å²) >= 11 is 0. The average Bonchev–Trinajstić information content (AvgIpc) is 3.33. The van der Waals surface area contributed by atoms with Crippen LogP contribution in [0.5, 0.6) is 11.5 Å². The molecule has 204 valence electrons. The van der Waals surface area contributed by atoms with Crippen molar-refractivity contribution in [2.24, 2.45) is 0 Å². The first-order valence-corrected chi connectivity index (χ1v) is 12.4. The smallest absolute Gasteiger partial charge is 0.282 e. The van der Waals surface area contributed by atoms with E-state index in [1.165, 1.54) is 20.5 Å². The Kier molecular flexibility index (Phi) is 7.06. The largest absolute Gasteiger partial charge is 0.497 e. The number of nitrogens with one attached hydrogen (secondary N) is 2. The Hall–Kier alpha value is -5.39. The molecule has 12 nitrogen and oxygen atoms in total. The predicted molar refractivity (Wildman–Crippen MR) is 152 cm³/mol. The number of carbonyl (C=O) groups is 1. The van der Waals surface area contributed by atoms with Crippen LogP contribution in [0.25, 0.3) is 11.2 Å². The van der Waals surface area contributed by atoms with Gasteiger partial charge in [-0.15, -0.1) is 0 Å². The molecule has 0 aliphatic rings. The molecule has 12 heteroatoms. The first kappa shape index (κ1) is 26.2. The maximum absolute atomic E-state index is 13.7. The SMILES string of the molecule is COc1cc(NC(=O)c2c(N)ncnc2N[C@@H](C)c2nn3ccc(C)c3c(=O)n2-c2ccccc2)cc(OC)c1. The fourth-order valence-electron chi connectivity index (χ4n) is 4.41. The first-order valence-electron chi connectivity index (χ1n) is 12.4. The summed E-state index contributed by atoms with van der Waals surface area (Å²) in [5, 5.41) is 10.8. The van der Waals surface area contributed by atoms with Crippen molar-refractivity contribution in [2.75, 3.05) is 30.6 Å². The number of ether oxygens (including phenoxy) is 2. The molecule has 3 aromatic heterocycles. The second kappa shape index (κ2) is 10.8. The van der Waals surface area contributed by atoms with E-state index < -0.39 is 11.9 Å². The Morgan fingerprint density at radius 3 is 2.40 bits per heavy atom. The van der Waals surface area contributed by atoms with Gasteiger partial charge < -0.3 is 25.8 Å². The van der Waals surface area contributed by atoms with E-state index >= 15 is 0 Å². The monoisotopic (exact) mass is 540 g/mol. The number of carbonyl (C=O) groups excluding carboxylic acids is 1. The number of fused-ring (bicyclic) bond motifs is 1. The van der Waals surface area contributed by atoms with Crippen LogP contribution in [0.4, 0.5) is 17.3 Å². The van der Waals surface area contributed by atoms with Gasteiger partial charge in [0.15, 0.2) is 5.82 Å². The van der Waals surface area contributed by atoms with E-state index in [-0.39, 0.29) is 22.8 Å². The maximum atomic E-state index is 13.7. The third-order valence-electron chi connectivity index (χ3n) is 6.38. The number of amides is 1. The summed E-state index contributed by atoms with van der Waals surface area (Å²) in [7, 11) is 3.03. The maximum Gasteiger partial charge on any atom is 0.282 e. The Balaban J connectivity index is 1.54. The van der Waals surface area contributed by atoms with E-state index in [0.717, 1.165) is 5.56 Å². The molecular weight excluding hydrogens is 512 g/mol. The van der Waals surface area contributed by atoms with Crippen molar-refractivity contribution in [1.82, 2.24) is 24.1 Å². The molecule has 0 saturated heterocycles. The van der Waals surface area contributed by atoms with Gasteiger partial charge in [0.1, 0.15) is 40.5 Å². The number of aromatic nitrogens is 5. The van der Waals surface area contributed by atoms with Crippen molar-refractivity contribution >= 4 is 28.7 Å². The van der Waals surface area contributed by atoms with Crippen molar-refractivity contribution in [2.45, 2.75) is 19.9 Å². The summed E-state index contributed by atoms with van der Waals surface area (Å²) in [6.07, 6.45) is 2.99. The molecule has 0 spiro atoms. The molecule has 5 aromatic rings. The molecule has 1 atom stereocenters. The Labute approximate surface area is 229 Å². The average molecular weight is 541 g/mol. The second-order valence-corrected chi connectivity index (χ2v) is 9.03. The highest BCUT2D eigenvalue weighted by atomic mass is 16.5. The normalized spacial score (nSPS) is 11.7. The van der Waals surface area contributed by atoms with Crippen LogP contribution in [0, 0.1) is 6.92 Å². The molecule has 0 fully saturated rings. The highest BCUT2D eigenvalue weighted by molar-refractivity contribution is 6.10. The van der Waals surface area contributed by atoms with Gasteiger partial charge in [-0.1, -0.05) is 18.2 Å². The van der Waals surface area contributed by atoms with Crippen molar-refractivity contribution in [1.29, 1.82) is 0 Å². The zero-order valence-electron chi connectivity index (χ0n) is 22.4. The van der Waals surface area contributed by atoms with Crippen LogP contribution in [0.1, 0.15) is 34.7 Å². The van der Waals surface area contributed by atoms with Crippen molar-refractivity contribution in [3.05, 3.63) is 94.4 Å². The van der Waals surface area contributed by atoms with Gasteiger partial charge in [-0.2, -0.15) is 5.10 Å². The number of nitrogens with zero attached hydrogens (tertiary/aromatic N) is 5. The number of methoxy groups -OCH3 is 2. The fraction of sp³-hybridized carbons (Fsp3) is 0.179. The summed E-state index contributed by atoms with van der Waals surface area (Å²) in [6.45, 7) is 3.68. The lowest BCUT2D eigenvalue weighted by atomic mass is 10.2. The van der Waals surface area contributed by atoms with Crippen molar-refractivity contribution < 1.29 is 14.3 Å². The topological polar surface area (TPSA) is 151 Å². The van der Waals surface area contributed by atoms with Gasteiger partial charge in [-0.25, -0.2) is 14.5 Å². The van der Waals surface area contributed by atoms with E-state index in [2.05, 4.69) is 20.6 Å². The van der Waals surface area contributed by atoms with Gasteiger partial charge in [0.25, 0.3) is 11.5 Å². The Morgan fingerprint density at radius 2 is 1.73 bits per heavy atom. The van der Waals surface area contributed by atoms with Gasteiger partial charge >= 0.3 is 0 Å². The lowest BCUT2D eigenvalue weighted by Crippen LogP contribution is -2.30. The van der Waals surface area contributed by atoms with E-state index in [1.54, 1.807) is 33.5 Å². The number of aryl methyl sites for hydroxylation is 1. The third kappa shape index (κ3) is 4.89. The summed E-state index contributed by atoms with van der Waals surface area (Å²) in [5.74, 6) is 0.999. The van der Waals surface area contributed by atoms with Gasteiger partial charge in [-0.3, -0.25) is 14.2 Å². The standard InChI is InChI=1S/C28H28N8O4/c1-16-10-11-35-23(16)28(38)36(19-8-6-5-7-9-19)26(34-35)17(2)32-25-22(24(29)30-15-31-25)27(37)33-18-12-20(39-3)14-21(13-18)40-4/h5-15,17H,1-4H3,(H,33,37)(H3,29,30,31,32)/t17-/m0/s1. The first-order chi connectivity index (χ1) is 19.3. The number of hydrogen-bond acceptors (Lipinski definition) is 9. The molecule has 0 aliphatic heterocycles. The summed E-state index contributed by atoms with van der Waals surface area (Å²) in [4.78, 5) is 35.4. The highest BCUT2D eigenvalue weighted by Gasteiger charge is 2.24. The predicted octanol–water partition coefficient (Wildman–Crippen LogP) is 3.61. The number of para-hydroxylation sites is 1. The molecule has 2 aromatic carbocycles. The Morgan fingerprint density at radius 1 is 1.02 bits per heavy atom. The zero-order chi connectivity index (χ0) is 28.4. The number of hydrogen-bond donors (Lipinski definition) is 3. The molecule has 3 heterocycles. The summed E-state index contributed by atoms with van der Waals surface area (Å²) < 4.78 is 13.7. The van der Waals surface area contributed by atoms with Crippen LogP contribution in [0.15, 0.2) is 71.9 Å². The quantitative estimate of drug-likeness (QED) is 0.268. The van der Waals surface area contributed by atoms with E-state index in [9.17, 15) is 9.59 Å². The van der Waals surface area contributed by atoms with E-state index in [4.69, 9.17) is 20.3 Å². The molecule has 0 aliphatic carbocycles. The van der Waals surface area contributed by atoms with Crippen molar-refractivity contribution in [3.63, 3.8) is 0 Å². The van der Waals surface area contributed by atoms with E-state index in [0.29, 0.717) is 34.2 Å². The molecule has 0 saturated carbocycles. The zero-order valence-corrected chi connectivity index (χ0v) is 22.4. The molecule has 1 amide bonds. The van der Waals surface area contributed by atoms with E-state index in [1.807, 2.05) is 50.2 Å². The number of nitrogens with two attached hydrogens (primary N) is 1. The molecule has 0 unspecified atom stereocenters. The minimum atomic E-state index is -0.585. The number of rotatable bonds is 8. The number of anilines is 3. The van der Waals surface area contributed by atoms with Crippen LogP contribution in [0.2, 0.25) is 0 Å². The number of benzene rings is 2. The van der Waals surface area contributed by atoms with Crippen LogP contribution in [-0.4, -0.2) is 44.3 Å². The third-order valence-corrected chi connectivity index (χ3v) is 6.38. The minimum Gasteiger partial charge on any atom is -0.497 e. The summed E-state index contributed by atoms with van der Waals surface area (Å²) in [5.41, 5.74) is 8.32. The van der Waals surface area contributed by atoms with Crippen molar-refractivity contribution in [3.8, 4) is 17.2 Å². The second-order valence-electron chi connectivity index (χ2n) is 9.03. The minimum absolute atomic E-state index is 0.0260. The van der Waals surface area contributed by atoms with Crippen LogP contribution in [-0.2, 0) is 0 Å². The molecule has 0 radical (unpaired) electrons. The van der Waals surface area contributed by atoms with Crippen LogP contribution >= 0.6 is 0 Å². The Bertz CT molecular complexity index is 1740. The lowest BCUT2D eigenvalue weighted by molar-refractivity contribution is 0.102. The molecule has 4 N–H and O–H groups in total. The highest BCUT2D eigenvalue weighted by Crippen LogP contribution is 2.28. The molecular formula is C28H28N8O4. The van der Waals surface area contributed by atoms with Gasteiger partial charge in [0.05, 0.1) is 25.9 Å². The fourth-order valence-corrected chi connectivity index (χ4v) is 4.41. The molecule has 40 heavy (non-hydrogen) atoms. The van der Waals surface area contributed by atoms with Gasteiger partial charge in [0, 0.05) is 30.1 Å². The van der Waals surface area contributed by atoms with Crippen LogP contribution in [0.3, 0.4) is 0 Å². The summed E-state index contributed by atoms with van der Waals surface area (Å²) in [6, 6.07) is 15.5. The molecule has 5 rings (SSSR count). The lowest BCUT2D eigenvalue weighted by Gasteiger charge is -2.21. The van der Waals surface area contributed by atoms with Gasteiger partial charge in [0.2, 0.25) is 0 Å². The molecule has 0 bridgehead atoms.